The van der Waals surface area contributed by atoms with Crippen LogP contribution in [0.25, 0.3) is 0 Å². The van der Waals surface area contributed by atoms with Crippen molar-refractivity contribution in [1.29, 1.82) is 0 Å². The van der Waals surface area contributed by atoms with Gasteiger partial charge in [0.25, 0.3) is 0 Å². The van der Waals surface area contributed by atoms with Crippen LogP contribution in [0.1, 0.15) is 23.2 Å². The Kier molecular flexibility index (Phi) is 2.83. The standard InChI is InChI=1S/C9H13NO3S/c1-5-10-6(4-14-5)8-2-7(12)9(3-11)13-8/h4,7-9,11-12H,2-3H2,1H3/t7-,8-,9+/m0/s1. The zero-order valence-corrected chi connectivity index (χ0v) is 8.70. The van der Waals surface area contributed by atoms with Crippen molar-refractivity contribution in [3.8, 4) is 0 Å². The van der Waals surface area contributed by atoms with Gasteiger partial charge in [-0.3, -0.25) is 0 Å². The number of aryl methyl sites for hydroxylation is 1. The van der Waals surface area contributed by atoms with Crippen LogP contribution in [0, 0.1) is 6.92 Å². The Morgan fingerprint density at radius 2 is 2.50 bits per heavy atom. The zero-order valence-electron chi connectivity index (χ0n) is 7.88. The normalized spacial score (nSPS) is 32.4. The summed E-state index contributed by atoms with van der Waals surface area (Å²) in [4.78, 5) is 4.30. The molecule has 1 saturated heterocycles. The average Bonchev–Trinajstić information content (AvgIpc) is 2.71. The van der Waals surface area contributed by atoms with Crippen molar-refractivity contribution in [1.82, 2.24) is 4.98 Å². The fourth-order valence-corrected chi connectivity index (χ4v) is 2.27. The van der Waals surface area contributed by atoms with E-state index < -0.39 is 12.2 Å². The van der Waals surface area contributed by atoms with Crippen molar-refractivity contribution < 1.29 is 14.9 Å². The van der Waals surface area contributed by atoms with Crippen molar-refractivity contribution in [2.45, 2.75) is 31.7 Å². The average molecular weight is 215 g/mol. The van der Waals surface area contributed by atoms with Crippen LogP contribution in [0.4, 0.5) is 0 Å². The summed E-state index contributed by atoms with van der Waals surface area (Å²) in [6, 6.07) is 0. The Morgan fingerprint density at radius 1 is 1.71 bits per heavy atom. The van der Waals surface area contributed by atoms with Crippen molar-refractivity contribution in [2.24, 2.45) is 0 Å². The molecule has 1 aromatic rings. The van der Waals surface area contributed by atoms with Gasteiger partial charge in [0.1, 0.15) is 12.2 Å². The third-order valence-electron chi connectivity index (χ3n) is 2.37. The first-order valence-corrected chi connectivity index (χ1v) is 5.45. The van der Waals surface area contributed by atoms with Gasteiger partial charge in [-0.15, -0.1) is 11.3 Å². The first kappa shape index (κ1) is 10.0. The molecule has 1 fully saturated rings. The van der Waals surface area contributed by atoms with Gasteiger partial charge in [-0.1, -0.05) is 0 Å². The van der Waals surface area contributed by atoms with Gasteiger partial charge >= 0.3 is 0 Å². The first-order chi connectivity index (χ1) is 6.70. The summed E-state index contributed by atoms with van der Waals surface area (Å²) in [7, 11) is 0. The smallest absolute Gasteiger partial charge is 0.107 e. The highest BCUT2D eigenvalue weighted by atomic mass is 32.1. The molecule has 2 N–H and O–H groups in total. The SMILES string of the molecule is Cc1nc([C@@H]2C[C@H](O)[C@@H](CO)O2)cs1. The van der Waals surface area contributed by atoms with Crippen LogP contribution in [0.2, 0.25) is 0 Å². The molecule has 1 aromatic heterocycles. The molecule has 1 aliphatic rings. The molecule has 1 aliphatic heterocycles. The lowest BCUT2D eigenvalue weighted by atomic mass is 10.1. The molecule has 0 aromatic carbocycles. The van der Waals surface area contributed by atoms with E-state index in [-0.39, 0.29) is 12.7 Å². The van der Waals surface area contributed by atoms with E-state index in [1.54, 1.807) is 11.3 Å². The summed E-state index contributed by atoms with van der Waals surface area (Å²) in [5, 5.41) is 21.3. The van der Waals surface area contributed by atoms with Crippen LogP contribution in [-0.4, -0.2) is 34.0 Å². The lowest BCUT2D eigenvalue weighted by molar-refractivity contribution is -0.0234. The highest BCUT2D eigenvalue weighted by molar-refractivity contribution is 7.09. The third kappa shape index (κ3) is 1.81. The molecule has 0 amide bonds. The number of aromatic nitrogens is 1. The van der Waals surface area contributed by atoms with Gasteiger partial charge in [-0.2, -0.15) is 0 Å². The maximum absolute atomic E-state index is 9.52. The number of nitrogens with zero attached hydrogens (tertiary/aromatic N) is 1. The number of hydrogen-bond acceptors (Lipinski definition) is 5. The summed E-state index contributed by atoms with van der Waals surface area (Å²) in [5.74, 6) is 0. The second kappa shape index (κ2) is 3.94. The minimum Gasteiger partial charge on any atom is -0.394 e. The summed E-state index contributed by atoms with van der Waals surface area (Å²) in [5.41, 5.74) is 0.863. The van der Waals surface area contributed by atoms with Gasteiger partial charge in [-0.25, -0.2) is 4.98 Å². The van der Waals surface area contributed by atoms with Crippen LogP contribution in [0.3, 0.4) is 0 Å². The van der Waals surface area contributed by atoms with Gasteiger partial charge in [0.15, 0.2) is 0 Å². The van der Waals surface area contributed by atoms with E-state index in [0.717, 1.165) is 10.7 Å². The van der Waals surface area contributed by atoms with Gasteiger partial charge in [0, 0.05) is 11.8 Å². The van der Waals surface area contributed by atoms with E-state index in [9.17, 15) is 5.11 Å². The molecule has 0 unspecified atom stereocenters. The lowest BCUT2D eigenvalue weighted by Crippen LogP contribution is -2.24. The highest BCUT2D eigenvalue weighted by Gasteiger charge is 2.35. The molecule has 3 atom stereocenters. The lowest BCUT2D eigenvalue weighted by Gasteiger charge is -2.10. The Balaban J connectivity index is 2.08. The van der Waals surface area contributed by atoms with Gasteiger partial charge < -0.3 is 14.9 Å². The maximum Gasteiger partial charge on any atom is 0.107 e. The van der Waals surface area contributed by atoms with Crippen molar-refractivity contribution in [3.05, 3.63) is 16.1 Å². The zero-order chi connectivity index (χ0) is 10.1. The molecule has 14 heavy (non-hydrogen) atoms. The number of thiazole rings is 1. The molecular weight excluding hydrogens is 202 g/mol. The Morgan fingerprint density at radius 3 is 3.00 bits per heavy atom. The molecule has 2 rings (SSSR count). The molecule has 0 radical (unpaired) electrons. The Hall–Kier alpha value is -0.490. The molecule has 2 heterocycles. The molecule has 0 aliphatic carbocycles. The molecule has 78 valence electrons. The van der Waals surface area contributed by atoms with Gasteiger partial charge in [0.2, 0.25) is 0 Å². The topological polar surface area (TPSA) is 62.6 Å². The molecule has 0 bridgehead atoms. The van der Waals surface area contributed by atoms with Crippen molar-refractivity contribution in [2.75, 3.05) is 6.61 Å². The van der Waals surface area contributed by atoms with Crippen molar-refractivity contribution in [3.63, 3.8) is 0 Å². The number of rotatable bonds is 2. The molecular formula is C9H13NO3S. The van der Waals surface area contributed by atoms with E-state index >= 15 is 0 Å². The van der Waals surface area contributed by atoms with E-state index in [2.05, 4.69) is 4.98 Å². The maximum atomic E-state index is 9.52. The fourth-order valence-electron chi connectivity index (χ4n) is 1.61. The third-order valence-corrected chi connectivity index (χ3v) is 3.16. The summed E-state index contributed by atoms with van der Waals surface area (Å²) in [6.45, 7) is 1.80. The minimum atomic E-state index is -0.577. The molecule has 0 saturated carbocycles. The van der Waals surface area contributed by atoms with Crippen LogP contribution < -0.4 is 0 Å². The fraction of sp³-hybridized carbons (Fsp3) is 0.667. The van der Waals surface area contributed by atoms with Crippen LogP contribution in [0.5, 0.6) is 0 Å². The van der Waals surface area contributed by atoms with E-state index in [1.165, 1.54) is 0 Å². The Bertz CT molecular complexity index is 315. The second-order valence-electron chi connectivity index (χ2n) is 3.44. The van der Waals surface area contributed by atoms with Crippen LogP contribution in [-0.2, 0) is 4.74 Å². The number of ether oxygens (including phenoxy) is 1. The van der Waals surface area contributed by atoms with Crippen LogP contribution >= 0.6 is 11.3 Å². The van der Waals surface area contributed by atoms with Gasteiger partial charge in [0.05, 0.1) is 23.4 Å². The predicted octanol–water partition coefficient (Wildman–Crippen LogP) is 0.635. The monoisotopic (exact) mass is 215 g/mol. The highest BCUT2D eigenvalue weighted by Crippen LogP contribution is 2.33. The summed E-state index contributed by atoms with van der Waals surface area (Å²) < 4.78 is 5.47. The molecule has 5 heteroatoms. The van der Waals surface area contributed by atoms with E-state index in [1.807, 2.05) is 12.3 Å². The van der Waals surface area contributed by atoms with E-state index in [4.69, 9.17) is 9.84 Å². The molecule has 4 nitrogen and oxygen atoms in total. The number of aliphatic hydroxyl groups excluding tert-OH is 2. The predicted molar refractivity (Wildman–Crippen MR) is 52.2 cm³/mol. The second-order valence-corrected chi connectivity index (χ2v) is 4.50. The first-order valence-electron chi connectivity index (χ1n) is 4.57. The quantitative estimate of drug-likeness (QED) is 0.759. The van der Waals surface area contributed by atoms with E-state index in [0.29, 0.717) is 6.42 Å². The summed E-state index contributed by atoms with van der Waals surface area (Å²) in [6.07, 6.45) is -0.671. The molecule has 0 spiro atoms. The number of aliphatic hydroxyl groups is 2. The van der Waals surface area contributed by atoms with Crippen LogP contribution in [0.15, 0.2) is 5.38 Å². The van der Waals surface area contributed by atoms with Crippen molar-refractivity contribution >= 4 is 11.3 Å². The number of hydrogen-bond donors (Lipinski definition) is 2. The minimum absolute atomic E-state index is 0.138. The Labute approximate surface area is 86.2 Å². The summed E-state index contributed by atoms with van der Waals surface area (Å²) >= 11 is 1.57. The largest absolute Gasteiger partial charge is 0.394 e. The van der Waals surface area contributed by atoms with Gasteiger partial charge in [-0.05, 0) is 6.92 Å².